The molecule has 198 valence electrons. The van der Waals surface area contributed by atoms with E-state index in [9.17, 15) is 9.59 Å². The molecule has 0 spiro atoms. The van der Waals surface area contributed by atoms with Gasteiger partial charge in [-0.25, -0.2) is 9.59 Å². The molecule has 3 rings (SSSR count). The molecule has 36 heavy (non-hydrogen) atoms. The van der Waals surface area contributed by atoms with Gasteiger partial charge >= 0.3 is 45.0 Å². The molecule has 1 aromatic heterocycles. The van der Waals surface area contributed by atoms with Crippen molar-refractivity contribution in [2.24, 2.45) is 0 Å². The zero-order valence-corrected chi connectivity index (χ0v) is 26.1. The normalized spacial score (nSPS) is 10.2. The number of aromatic amines is 1. The van der Waals surface area contributed by atoms with Crippen LogP contribution < -0.4 is 5.73 Å². The number of esters is 2. The number of benzene rings is 2. The minimum atomic E-state index is -1.54. The van der Waals surface area contributed by atoms with Gasteiger partial charge in [0.05, 0.1) is 39.9 Å². The average Bonchev–Trinajstić information content (AvgIpc) is 3.30. The van der Waals surface area contributed by atoms with Crippen molar-refractivity contribution in [2.75, 3.05) is 18.9 Å². The molecule has 0 aliphatic rings. The fraction of sp³-hybridized carbons (Fsp3) is 0.280. The van der Waals surface area contributed by atoms with E-state index in [1.807, 2.05) is 12.1 Å². The minimum absolute atomic E-state index is 0.268. The van der Waals surface area contributed by atoms with Crippen molar-refractivity contribution in [1.29, 1.82) is 0 Å². The van der Waals surface area contributed by atoms with E-state index in [2.05, 4.69) is 48.9 Å². The van der Waals surface area contributed by atoms with Gasteiger partial charge in [-0.2, -0.15) is 0 Å². The van der Waals surface area contributed by atoms with Gasteiger partial charge in [-0.15, -0.1) is 5.54 Å². The van der Waals surface area contributed by atoms with Gasteiger partial charge in [-0.05, 0) is 44.2 Å². The third kappa shape index (κ3) is 9.32. The first-order valence-corrected chi connectivity index (χ1v) is 18.1. The standard InChI is InChI=1S/C14H18ClNO2Si.C11H10ClNO2.Cu.HI/c1-5-18-14(17)11-6-7-12(16)10(13(11)15)8-9-19(2,3)4;1-2-15-11(14)8-3-4-9-7(10(8)12)5-6-13-9;;/h6-7H,5,16H2,1-4H3;3-6,13H,2H2,1H3;;1H/q;;+1;/p-1. The molecule has 6 nitrogen and oxygen atoms in total. The van der Waals surface area contributed by atoms with Crippen LogP contribution in [0.1, 0.15) is 40.1 Å². The second kappa shape index (κ2) is 15.5. The summed E-state index contributed by atoms with van der Waals surface area (Å²) in [5, 5.41) is 1.54. The monoisotopic (exact) mass is 708 g/mol. The summed E-state index contributed by atoms with van der Waals surface area (Å²) in [6.45, 7) is 10.5. The van der Waals surface area contributed by atoms with E-state index in [4.69, 9.17) is 38.4 Å². The third-order valence-corrected chi connectivity index (χ3v) is 6.07. The molecular formula is C25H28Cl2CuIN2O4Si. The number of rotatable bonds is 4. The van der Waals surface area contributed by atoms with Gasteiger partial charge in [-0.1, -0.05) is 48.8 Å². The molecule has 0 aliphatic carbocycles. The molecule has 3 aromatic rings. The Balaban J connectivity index is 0.000000344. The number of hydrogen-bond acceptors (Lipinski definition) is 5. The molecule has 0 aliphatic heterocycles. The zero-order valence-electron chi connectivity index (χ0n) is 20.5. The predicted molar refractivity (Wildman–Crippen MR) is 155 cm³/mol. The van der Waals surface area contributed by atoms with Crippen LogP contribution in [0.5, 0.6) is 0 Å². The summed E-state index contributed by atoms with van der Waals surface area (Å²) in [4.78, 5) is 26.3. The van der Waals surface area contributed by atoms with Gasteiger partial charge in [0.15, 0.2) is 0 Å². The number of nitrogens with one attached hydrogen (secondary N) is 1. The number of aromatic nitrogens is 1. The Morgan fingerprint density at radius 3 is 2.03 bits per heavy atom. The number of H-pyrrole nitrogens is 1. The molecule has 11 heteroatoms. The van der Waals surface area contributed by atoms with Crippen LogP contribution in [0.2, 0.25) is 29.7 Å². The van der Waals surface area contributed by atoms with Gasteiger partial charge < -0.3 is 20.2 Å². The summed E-state index contributed by atoms with van der Waals surface area (Å²) in [7, 11) is -1.54. The Hall–Kier alpha value is -1.67. The molecule has 0 atom stereocenters. The number of anilines is 1. The Bertz CT molecular complexity index is 1270. The van der Waals surface area contributed by atoms with Gasteiger partial charge in [0.25, 0.3) is 0 Å². The Morgan fingerprint density at radius 2 is 1.50 bits per heavy atom. The van der Waals surface area contributed by atoms with Gasteiger partial charge in [0.2, 0.25) is 0 Å². The summed E-state index contributed by atoms with van der Waals surface area (Å²) in [6, 6.07) is 8.51. The maximum absolute atomic E-state index is 11.7. The molecule has 0 bridgehead atoms. The average molecular weight is 710 g/mol. The van der Waals surface area contributed by atoms with Crippen LogP contribution in [0, 0.1) is 11.5 Å². The number of nitrogen functional groups attached to an aromatic ring is 1. The number of hydrogen-bond donors (Lipinski definition) is 2. The van der Waals surface area contributed by atoms with E-state index < -0.39 is 14.0 Å². The second-order valence-corrected chi connectivity index (χ2v) is 13.7. The summed E-state index contributed by atoms with van der Waals surface area (Å²) >= 11 is 18.2. The van der Waals surface area contributed by atoms with Gasteiger partial charge in [0.1, 0.15) is 8.07 Å². The van der Waals surface area contributed by atoms with Crippen LogP contribution in [-0.2, 0) is 22.2 Å². The van der Waals surface area contributed by atoms with E-state index >= 15 is 0 Å². The summed E-state index contributed by atoms with van der Waals surface area (Å²) in [5.74, 6) is 2.17. The summed E-state index contributed by atoms with van der Waals surface area (Å²) < 4.78 is 9.85. The first kappa shape index (κ1) is 32.4. The van der Waals surface area contributed by atoms with Crippen molar-refractivity contribution < 1.29 is 31.8 Å². The zero-order chi connectivity index (χ0) is 27.5. The second-order valence-electron chi connectivity index (χ2n) is 8.20. The Morgan fingerprint density at radius 1 is 0.972 bits per heavy atom. The topological polar surface area (TPSA) is 94.4 Å². The quantitative estimate of drug-likeness (QED) is 0.0983. The molecule has 2 aromatic carbocycles. The number of ether oxygens (including phenoxy) is 2. The van der Waals surface area contributed by atoms with E-state index in [0.29, 0.717) is 40.6 Å². The van der Waals surface area contributed by atoms with Crippen LogP contribution in [0.3, 0.4) is 0 Å². The van der Waals surface area contributed by atoms with Crippen LogP contribution in [-0.4, -0.2) is 38.2 Å². The number of carbonyl (C=O) groups excluding carboxylic acids is 2. The van der Waals surface area contributed by atoms with Crippen LogP contribution in [0.4, 0.5) is 5.69 Å². The van der Waals surface area contributed by atoms with E-state index in [1.54, 1.807) is 58.6 Å². The van der Waals surface area contributed by atoms with Crippen LogP contribution in [0.15, 0.2) is 36.5 Å². The van der Waals surface area contributed by atoms with E-state index in [-0.39, 0.29) is 11.0 Å². The van der Waals surface area contributed by atoms with Crippen molar-refractivity contribution in [3.63, 3.8) is 0 Å². The first-order valence-electron chi connectivity index (χ1n) is 10.8. The Kier molecular flexibility index (Phi) is 14.0. The van der Waals surface area contributed by atoms with Crippen molar-refractivity contribution in [1.82, 2.24) is 4.98 Å². The molecule has 0 saturated heterocycles. The van der Waals surface area contributed by atoms with Gasteiger partial charge in [-0.3, -0.25) is 0 Å². The van der Waals surface area contributed by atoms with E-state index in [0.717, 1.165) is 10.9 Å². The molecule has 0 radical (unpaired) electrons. The van der Waals surface area contributed by atoms with Crippen LogP contribution in [0.25, 0.3) is 10.9 Å². The van der Waals surface area contributed by atoms with Crippen molar-refractivity contribution in [2.45, 2.75) is 33.5 Å². The fourth-order valence-corrected chi connectivity index (χ4v) is 3.90. The number of carbonyl (C=O) groups is 2. The molecule has 0 saturated carbocycles. The van der Waals surface area contributed by atoms with Crippen molar-refractivity contribution in [3.8, 4) is 11.5 Å². The summed E-state index contributed by atoms with van der Waals surface area (Å²) in [6.07, 6.45) is 1.78. The third-order valence-electron chi connectivity index (χ3n) is 4.40. The first-order chi connectivity index (χ1) is 17.0. The summed E-state index contributed by atoms with van der Waals surface area (Å²) in [5.41, 5.74) is 11.7. The molecule has 1 heterocycles. The van der Waals surface area contributed by atoms with Crippen molar-refractivity contribution >= 4 is 80.1 Å². The number of nitrogens with two attached hydrogens (primary N) is 1. The molecule has 3 N–H and O–H groups in total. The van der Waals surface area contributed by atoms with Crippen LogP contribution >= 0.6 is 43.5 Å². The predicted octanol–water partition coefficient (Wildman–Crippen LogP) is 7.21. The van der Waals surface area contributed by atoms with Gasteiger partial charge in [0, 0.05) is 22.8 Å². The SMILES string of the molecule is CCOC(=O)c1ccc(N)c(C#C[Si](C)(C)C)c1Cl.CCOC(=O)c1ccc2[nH]ccc2c1Cl.[Cu][I]. The molecule has 0 unspecified atom stereocenters. The fourth-order valence-electron chi connectivity index (χ4n) is 2.80. The molecule has 0 fully saturated rings. The number of halogens is 3. The number of fused-ring (bicyclic) bond motifs is 1. The molecule has 0 amide bonds. The Labute approximate surface area is 242 Å². The van der Waals surface area contributed by atoms with Crippen molar-refractivity contribution in [3.05, 3.63) is 63.3 Å². The van der Waals surface area contributed by atoms with E-state index in [1.165, 1.54) is 0 Å². The molecular weight excluding hydrogens is 682 g/mol. The maximum atomic E-state index is 11.7.